The van der Waals surface area contributed by atoms with Crippen LogP contribution < -0.4 is 0 Å². The third-order valence-corrected chi connectivity index (χ3v) is 3.95. The molecule has 0 spiro atoms. The molecule has 0 N–H and O–H groups in total. The molecule has 1 heterocycles. The quantitative estimate of drug-likeness (QED) is 0.591. The predicted octanol–water partition coefficient (Wildman–Crippen LogP) is 3.78. The summed E-state index contributed by atoms with van der Waals surface area (Å²) < 4.78 is 0.686. The Labute approximate surface area is 121 Å². The number of halogens is 1. The van der Waals surface area contributed by atoms with Crippen LogP contribution >= 0.6 is 11.6 Å². The van der Waals surface area contributed by atoms with Crippen LogP contribution in [-0.2, 0) is 0 Å². The number of hydrogen-bond acceptors (Lipinski definition) is 2. The molecule has 4 heteroatoms. The zero-order chi connectivity index (χ0) is 14.4. The normalized spacial score (nSPS) is 13.8. The zero-order valence-electron chi connectivity index (χ0n) is 11.1. The van der Waals surface area contributed by atoms with E-state index in [0.717, 1.165) is 11.1 Å². The fourth-order valence-electron chi connectivity index (χ4n) is 2.38. The van der Waals surface area contributed by atoms with E-state index in [0.29, 0.717) is 26.6 Å². The summed E-state index contributed by atoms with van der Waals surface area (Å²) in [5.41, 5.74) is 3.38. The van der Waals surface area contributed by atoms with Gasteiger partial charge in [0.25, 0.3) is 11.5 Å². The summed E-state index contributed by atoms with van der Waals surface area (Å²) in [6.07, 6.45) is 0. The van der Waals surface area contributed by atoms with Crippen LogP contribution in [0.5, 0.6) is 0 Å². The number of benzene rings is 2. The molecule has 20 heavy (non-hydrogen) atoms. The van der Waals surface area contributed by atoms with Crippen LogP contribution in [0.2, 0.25) is 5.02 Å². The van der Waals surface area contributed by atoms with Gasteiger partial charge < -0.3 is 5.21 Å². The fourth-order valence-corrected chi connectivity index (χ4v) is 2.60. The van der Waals surface area contributed by atoms with Gasteiger partial charge in [-0.05, 0) is 43.2 Å². The minimum absolute atomic E-state index is 0.0931. The number of nitrogens with zero attached hydrogens (tertiary/aromatic N) is 1. The maximum atomic E-state index is 12.5. The van der Waals surface area contributed by atoms with Crippen molar-refractivity contribution in [2.24, 2.45) is 0 Å². The van der Waals surface area contributed by atoms with Crippen molar-refractivity contribution < 1.29 is 9.53 Å². The second-order valence-electron chi connectivity index (χ2n) is 4.91. The lowest BCUT2D eigenvalue weighted by atomic mass is 9.99. The van der Waals surface area contributed by atoms with Crippen molar-refractivity contribution in [3.05, 3.63) is 68.9 Å². The van der Waals surface area contributed by atoms with Gasteiger partial charge in [-0.25, -0.2) is 0 Å². The number of rotatable bonds is 1. The van der Waals surface area contributed by atoms with Crippen molar-refractivity contribution in [3.63, 3.8) is 0 Å². The second-order valence-corrected chi connectivity index (χ2v) is 5.31. The molecule has 0 saturated heterocycles. The molecule has 3 rings (SSSR count). The van der Waals surface area contributed by atoms with E-state index in [2.05, 4.69) is 0 Å². The molecular formula is C16H12ClNO2. The topological polar surface area (TPSA) is 43.1 Å². The largest absolute Gasteiger partial charge is 0.618 e. The number of aryl methyl sites for hydroxylation is 2. The molecule has 0 unspecified atom stereocenters. The van der Waals surface area contributed by atoms with Crippen molar-refractivity contribution in [1.29, 1.82) is 0 Å². The number of hydrogen-bond donors (Lipinski definition) is 0. The van der Waals surface area contributed by atoms with Gasteiger partial charge in [-0.1, -0.05) is 23.7 Å². The van der Waals surface area contributed by atoms with Gasteiger partial charge in [-0.15, -0.1) is 0 Å². The Bertz CT molecular complexity index is 778. The molecular weight excluding hydrogens is 274 g/mol. The Morgan fingerprint density at radius 3 is 2.40 bits per heavy atom. The minimum atomic E-state index is -0.272. The first-order chi connectivity index (χ1) is 9.50. The van der Waals surface area contributed by atoms with Crippen molar-refractivity contribution in [2.45, 2.75) is 13.8 Å². The van der Waals surface area contributed by atoms with Crippen LogP contribution in [-0.4, -0.2) is 16.2 Å². The highest BCUT2D eigenvalue weighted by Crippen LogP contribution is 2.32. The van der Waals surface area contributed by atoms with Crippen molar-refractivity contribution in [2.75, 3.05) is 0 Å². The zero-order valence-corrected chi connectivity index (χ0v) is 11.9. The number of Topliss-reactive ketones (excluding diaryl/α,β-unsaturated/α-hetero) is 1. The first kappa shape index (κ1) is 12.9. The first-order valence-electron chi connectivity index (χ1n) is 6.25. The van der Waals surface area contributed by atoms with Gasteiger partial charge in [0.15, 0.2) is 0 Å². The van der Waals surface area contributed by atoms with E-state index >= 15 is 0 Å². The van der Waals surface area contributed by atoms with E-state index in [9.17, 15) is 10.0 Å². The minimum Gasteiger partial charge on any atom is -0.618 e. The van der Waals surface area contributed by atoms with Gasteiger partial charge >= 0.3 is 0 Å². The lowest BCUT2D eigenvalue weighted by Gasteiger charge is -2.04. The van der Waals surface area contributed by atoms with Crippen LogP contribution in [0.15, 0.2) is 36.4 Å². The molecule has 1 aliphatic heterocycles. The molecule has 0 amide bonds. The molecule has 0 aromatic heterocycles. The second kappa shape index (κ2) is 4.46. The van der Waals surface area contributed by atoms with E-state index in [4.69, 9.17) is 11.6 Å². The monoisotopic (exact) mass is 285 g/mol. The van der Waals surface area contributed by atoms with E-state index in [1.807, 2.05) is 13.8 Å². The predicted molar refractivity (Wildman–Crippen MR) is 79.1 cm³/mol. The van der Waals surface area contributed by atoms with E-state index in [-0.39, 0.29) is 11.5 Å². The Hall–Kier alpha value is -2.13. The fraction of sp³-hybridized carbons (Fsp3) is 0.125. The third kappa shape index (κ3) is 1.74. The molecule has 0 radical (unpaired) electrons. The summed E-state index contributed by atoms with van der Waals surface area (Å²) in [5.74, 6) is -0.272. The highest BCUT2D eigenvalue weighted by Gasteiger charge is 2.37. The number of carbonyl (C=O) groups is 1. The summed E-state index contributed by atoms with van der Waals surface area (Å²) in [5, 5.41) is 12.8. The van der Waals surface area contributed by atoms with Gasteiger partial charge in [0.2, 0.25) is 5.69 Å². The molecule has 0 bridgehead atoms. The average molecular weight is 286 g/mol. The number of fused-ring (bicyclic) bond motifs is 1. The first-order valence-corrected chi connectivity index (χ1v) is 6.63. The van der Waals surface area contributed by atoms with Gasteiger partial charge in [-0.3, -0.25) is 4.79 Å². The molecule has 0 fully saturated rings. The van der Waals surface area contributed by atoms with Crippen molar-refractivity contribution in [1.82, 2.24) is 0 Å². The van der Waals surface area contributed by atoms with E-state index < -0.39 is 0 Å². The summed E-state index contributed by atoms with van der Waals surface area (Å²) in [7, 11) is 0. The molecule has 0 aliphatic carbocycles. The van der Waals surface area contributed by atoms with E-state index in [1.165, 1.54) is 0 Å². The molecule has 2 aromatic carbocycles. The Morgan fingerprint density at radius 2 is 1.70 bits per heavy atom. The SMILES string of the molecule is Cc1cc2c(cc1C)[N+]([O-])=C(c1ccccc1Cl)C2=O. The van der Waals surface area contributed by atoms with Crippen LogP contribution in [0.25, 0.3) is 0 Å². The van der Waals surface area contributed by atoms with Crippen LogP contribution in [0.4, 0.5) is 5.69 Å². The average Bonchev–Trinajstić information content (AvgIpc) is 2.64. The summed E-state index contributed by atoms with van der Waals surface area (Å²) in [6, 6.07) is 10.4. The smallest absolute Gasteiger partial charge is 0.274 e. The van der Waals surface area contributed by atoms with Crippen molar-refractivity contribution in [3.8, 4) is 0 Å². The molecule has 1 aliphatic rings. The summed E-state index contributed by atoms with van der Waals surface area (Å²) in [4.78, 5) is 12.5. The standard InChI is InChI=1S/C16H12ClNO2/c1-9-7-12-14(8-10(9)2)18(20)15(16(12)19)11-5-3-4-6-13(11)17/h3-8H,1-2H3. The molecule has 0 saturated carbocycles. The highest BCUT2D eigenvalue weighted by molar-refractivity contribution is 6.54. The summed E-state index contributed by atoms with van der Waals surface area (Å²) >= 11 is 6.10. The number of ketones is 1. The molecule has 3 nitrogen and oxygen atoms in total. The van der Waals surface area contributed by atoms with Gasteiger partial charge in [0, 0.05) is 6.07 Å². The third-order valence-electron chi connectivity index (χ3n) is 3.62. The molecule has 2 aromatic rings. The maximum Gasteiger partial charge on any atom is 0.274 e. The Morgan fingerprint density at radius 1 is 1.05 bits per heavy atom. The molecule has 0 atom stereocenters. The lowest BCUT2D eigenvalue weighted by Crippen LogP contribution is -2.17. The highest BCUT2D eigenvalue weighted by atomic mass is 35.5. The van der Waals surface area contributed by atoms with Gasteiger partial charge in [-0.2, -0.15) is 4.74 Å². The number of carbonyl (C=O) groups excluding carboxylic acids is 1. The van der Waals surface area contributed by atoms with Crippen LogP contribution in [0, 0.1) is 19.1 Å². The van der Waals surface area contributed by atoms with E-state index in [1.54, 1.807) is 36.4 Å². The van der Waals surface area contributed by atoms with Crippen LogP contribution in [0.3, 0.4) is 0 Å². The van der Waals surface area contributed by atoms with Crippen LogP contribution in [0.1, 0.15) is 27.0 Å². The Kier molecular flexibility index (Phi) is 2.87. The van der Waals surface area contributed by atoms with Gasteiger partial charge in [0.05, 0.1) is 10.6 Å². The lowest BCUT2D eigenvalue weighted by molar-refractivity contribution is -0.355. The molecule has 100 valence electrons. The maximum absolute atomic E-state index is 12.5. The van der Waals surface area contributed by atoms with Gasteiger partial charge in [0.1, 0.15) is 5.56 Å². The summed E-state index contributed by atoms with van der Waals surface area (Å²) in [6.45, 7) is 3.84. The Balaban J connectivity index is 2.25. The van der Waals surface area contributed by atoms with Crippen molar-refractivity contribution >= 4 is 28.8 Å².